The van der Waals surface area contributed by atoms with Crippen LogP contribution in [0.5, 0.6) is 11.5 Å². The molecule has 136 valence electrons. The molecular weight excluding hydrogens is 342 g/mol. The molecule has 0 atom stereocenters. The lowest BCUT2D eigenvalue weighted by molar-refractivity contribution is 0.0988. The van der Waals surface area contributed by atoms with Crippen LogP contribution in [0.3, 0.4) is 0 Å². The lowest BCUT2D eigenvalue weighted by Gasteiger charge is -2.19. The summed E-state index contributed by atoms with van der Waals surface area (Å²) in [6, 6.07) is 18.7. The molecule has 2 aromatic carbocycles. The first-order valence-electron chi connectivity index (χ1n) is 8.66. The first-order valence-corrected chi connectivity index (χ1v) is 8.66. The van der Waals surface area contributed by atoms with E-state index in [4.69, 9.17) is 9.47 Å². The van der Waals surface area contributed by atoms with E-state index < -0.39 is 0 Å². The van der Waals surface area contributed by atoms with Crippen molar-refractivity contribution in [3.63, 3.8) is 0 Å². The molecule has 2 heterocycles. The minimum absolute atomic E-state index is 0.174. The number of hydrogen-bond acceptors (Lipinski definition) is 5. The number of amides is 1. The average molecular weight is 361 g/mol. The molecule has 0 bridgehead atoms. The average Bonchev–Trinajstić information content (AvgIpc) is 2.73. The lowest BCUT2D eigenvalue weighted by Crippen LogP contribution is -2.27. The van der Waals surface area contributed by atoms with Crippen LogP contribution in [0.25, 0.3) is 0 Å². The number of anilines is 3. The van der Waals surface area contributed by atoms with Gasteiger partial charge in [-0.3, -0.25) is 9.78 Å². The number of benzene rings is 2. The predicted molar refractivity (Wildman–Crippen MR) is 104 cm³/mol. The quantitative estimate of drug-likeness (QED) is 0.764. The zero-order valence-corrected chi connectivity index (χ0v) is 14.9. The van der Waals surface area contributed by atoms with Crippen molar-refractivity contribution in [2.24, 2.45) is 0 Å². The Kier molecular flexibility index (Phi) is 4.61. The molecule has 1 aliphatic rings. The zero-order valence-electron chi connectivity index (χ0n) is 14.9. The number of rotatable bonds is 4. The molecule has 1 amide bonds. The van der Waals surface area contributed by atoms with Crippen LogP contribution in [-0.4, -0.2) is 31.2 Å². The number of ether oxygens (including phenoxy) is 2. The second kappa shape index (κ2) is 7.37. The number of carbonyl (C=O) groups is 1. The summed E-state index contributed by atoms with van der Waals surface area (Å²) in [5, 5.41) is 3.28. The topological polar surface area (TPSA) is 63.7 Å². The Morgan fingerprint density at radius 2 is 1.70 bits per heavy atom. The highest BCUT2D eigenvalue weighted by Gasteiger charge is 2.16. The van der Waals surface area contributed by atoms with Crippen molar-refractivity contribution in [3.05, 3.63) is 72.6 Å². The van der Waals surface area contributed by atoms with Gasteiger partial charge in [-0.15, -0.1) is 0 Å². The highest BCUT2D eigenvalue weighted by Crippen LogP contribution is 2.33. The summed E-state index contributed by atoms with van der Waals surface area (Å²) in [4.78, 5) is 18.5. The zero-order chi connectivity index (χ0) is 18.6. The first kappa shape index (κ1) is 16.9. The normalized spacial score (nSPS) is 12.3. The van der Waals surface area contributed by atoms with Gasteiger partial charge in [0, 0.05) is 36.4 Å². The second-order valence-corrected chi connectivity index (χ2v) is 6.11. The van der Waals surface area contributed by atoms with Crippen molar-refractivity contribution in [2.75, 3.05) is 30.5 Å². The maximum Gasteiger partial charge on any atom is 0.276 e. The van der Waals surface area contributed by atoms with Crippen molar-refractivity contribution in [1.82, 2.24) is 4.98 Å². The van der Waals surface area contributed by atoms with Gasteiger partial charge in [-0.05, 0) is 36.4 Å². The third-order valence-electron chi connectivity index (χ3n) is 4.26. The van der Waals surface area contributed by atoms with E-state index in [2.05, 4.69) is 10.3 Å². The van der Waals surface area contributed by atoms with Gasteiger partial charge < -0.3 is 19.7 Å². The molecule has 0 radical (unpaired) electrons. The van der Waals surface area contributed by atoms with Crippen LogP contribution >= 0.6 is 0 Å². The predicted octanol–water partition coefficient (Wildman–Crippen LogP) is 3.87. The van der Waals surface area contributed by atoms with E-state index >= 15 is 0 Å². The maximum atomic E-state index is 12.7. The van der Waals surface area contributed by atoms with Crippen LogP contribution in [0.2, 0.25) is 0 Å². The van der Waals surface area contributed by atoms with Gasteiger partial charge in [-0.1, -0.05) is 18.2 Å². The largest absolute Gasteiger partial charge is 0.486 e. The Labute approximate surface area is 157 Å². The molecule has 0 unspecified atom stereocenters. The molecule has 0 saturated carbocycles. The van der Waals surface area contributed by atoms with Gasteiger partial charge in [0.05, 0.1) is 0 Å². The fourth-order valence-electron chi connectivity index (χ4n) is 2.85. The molecule has 3 aromatic rings. The lowest BCUT2D eigenvalue weighted by atomic mass is 10.2. The molecule has 1 aromatic heterocycles. The monoisotopic (exact) mass is 361 g/mol. The number of hydrogen-bond donors (Lipinski definition) is 1. The summed E-state index contributed by atoms with van der Waals surface area (Å²) in [6.07, 6.45) is 1.62. The third-order valence-corrected chi connectivity index (χ3v) is 4.26. The van der Waals surface area contributed by atoms with E-state index in [0.717, 1.165) is 22.8 Å². The number of nitrogens with one attached hydrogen (secondary N) is 1. The van der Waals surface area contributed by atoms with Gasteiger partial charge >= 0.3 is 0 Å². The number of para-hydroxylation sites is 1. The molecule has 6 nitrogen and oxygen atoms in total. The van der Waals surface area contributed by atoms with Crippen molar-refractivity contribution in [2.45, 2.75) is 0 Å². The van der Waals surface area contributed by atoms with Gasteiger partial charge in [0.2, 0.25) is 0 Å². The van der Waals surface area contributed by atoms with Crippen molar-refractivity contribution in [3.8, 4) is 11.5 Å². The Morgan fingerprint density at radius 3 is 2.52 bits per heavy atom. The third kappa shape index (κ3) is 3.69. The van der Waals surface area contributed by atoms with E-state index in [0.29, 0.717) is 24.7 Å². The van der Waals surface area contributed by atoms with Crippen LogP contribution in [0.1, 0.15) is 10.5 Å². The van der Waals surface area contributed by atoms with Crippen molar-refractivity contribution in [1.29, 1.82) is 0 Å². The molecule has 0 saturated heterocycles. The Balaban J connectivity index is 1.53. The fraction of sp³-hybridized carbons (Fsp3) is 0.143. The number of fused-ring (bicyclic) bond motifs is 1. The van der Waals surface area contributed by atoms with E-state index in [1.54, 1.807) is 24.2 Å². The Bertz CT molecular complexity index is 960. The molecule has 4 rings (SSSR count). The van der Waals surface area contributed by atoms with Crippen LogP contribution in [0, 0.1) is 0 Å². The molecular formula is C21H19N3O3. The number of carbonyl (C=O) groups excluding carboxylic acids is 1. The summed E-state index contributed by atoms with van der Waals surface area (Å²) >= 11 is 0. The van der Waals surface area contributed by atoms with Crippen LogP contribution in [0.15, 0.2) is 66.9 Å². The summed E-state index contributed by atoms with van der Waals surface area (Å²) < 4.78 is 11.1. The van der Waals surface area contributed by atoms with Gasteiger partial charge in [0.25, 0.3) is 5.91 Å². The van der Waals surface area contributed by atoms with Gasteiger partial charge in [-0.25, -0.2) is 0 Å². The Hall–Kier alpha value is -3.54. The van der Waals surface area contributed by atoms with E-state index in [1.807, 2.05) is 54.6 Å². The van der Waals surface area contributed by atoms with Gasteiger partial charge in [0.1, 0.15) is 18.9 Å². The molecule has 0 spiro atoms. The minimum Gasteiger partial charge on any atom is -0.486 e. The second-order valence-electron chi connectivity index (χ2n) is 6.11. The molecule has 6 heteroatoms. The smallest absolute Gasteiger partial charge is 0.276 e. The number of nitrogens with zero attached hydrogens (tertiary/aromatic N) is 2. The van der Waals surface area contributed by atoms with E-state index in [-0.39, 0.29) is 5.91 Å². The Morgan fingerprint density at radius 1 is 0.963 bits per heavy atom. The molecule has 1 N–H and O–H groups in total. The summed E-state index contributed by atoms with van der Waals surface area (Å²) in [6.45, 7) is 1.10. The molecule has 0 aliphatic carbocycles. The van der Waals surface area contributed by atoms with E-state index in [1.165, 1.54) is 0 Å². The molecule has 1 aliphatic heterocycles. The van der Waals surface area contributed by atoms with Crippen LogP contribution in [0.4, 0.5) is 17.1 Å². The van der Waals surface area contributed by atoms with Gasteiger partial charge in [0.15, 0.2) is 11.5 Å². The van der Waals surface area contributed by atoms with E-state index in [9.17, 15) is 4.79 Å². The summed E-state index contributed by atoms with van der Waals surface area (Å²) in [5.41, 5.74) is 2.80. The number of aromatic nitrogens is 1. The van der Waals surface area contributed by atoms with Crippen molar-refractivity contribution < 1.29 is 14.3 Å². The number of pyridine rings is 1. The summed E-state index contributed by atoms with van der Waals surface area (Å²) in [5.74, 6) is 1.27. The standard InChI is InChI=1S/C21H19N3O3/c1-24(17-5-3-2-4-6-17)21(25)18-13-16(9-10-22-18)23-15-7-8-19-20(14-15)27-12-11-26-19/h2-10,13-14H,11-12H2,1H3,(H,22,23). The summed E-state index contributed by atoms with van der Waals surface area (Å²) in [7, 11) is 1.74. The SMILES string of the molecule is CN(C(=O)c1cc(Nc2ccc3c(c2)OCCO3)ccn1)c1ccccc1. The molecule has 27 heavy (non-hydrogen) atoms. The minimum atomic E-state index is -0.174. The fourth-order valence-corrected chi connectivity index (χ4v) is 2.85. The first-order chi connectivity index (χ1) is 13.2. The molecule has 0 fully saturated rings. The van der Waals surface area contributed by atoms with Gasteiger partial charge in [-0.2, -0.15) is 0 Å². The highest BCUT2D eigenvalue weighted by atomic mass is 16.6. The van der Waals surface area contributed by atoms with Crippen LogP contribution in [-0.2, 0) is 0 Å². The highest BCUT2D eigenvalue weighted by molar-refractivity contribution is 6.04. The van der Waals surface area contributed by atoms with Crippen molar-refractivity contribution >= 4 is 23.0 Å². The maximum absolute atomic E-state index is 12.7. The van der Waals surface area contributed by atoms with Crippen LogP contribution < -0.4 is 19.7 Å².